The Morgan fingerprint density at radius 2 is 1.81 bits per heavy atom. The highest BCUT2D eigenvalue weighted by atomic mass is 16.4. The fourth-order valence-electron chi connectivity index (χ4n) is 2.18. The zero-order chi connectivity index (χ0) is 15.4. The van der Waals surface area contributed by atoms with E-state index in [-0.39, 0.29) is 11.5 Å². The number of carbonyl (C=O) groups is 2. The van der Waals surface area contributed by atoms with Gasteiger partial charge in [0.2, 0.25) is 0 Å². The smallest absolute Gasteiger partial charge is 0.336 e. The molecule has 2 aromatic carbocycles. The molecule has 0 aliphatic carbocycles. The van der Waals surface area contributed by atoms with E-state index in [1.54, 1.807) is 25.1 Å². The van der Waals surface area contributed by atoms with Crippen LogP contribution >= 0.6 is 0 Å². The minimum Gasteiger partial charge on any atom is -0.478 e. The minimum atomic E-state index is -1.00. The van der Waals surface area contributed by atoms with Crippen LogP contribution in [0.1, 0.15) is 38.8 Å². The van der Waals surface area contributed by atoms with Gasteiger partial charge in [0.05, 0.1) is 5.56 Å². The highest BCUT2D eigenvalue weighted by Crippen LogP contribution is 2.17. The Morgan fingerprint density at radius 1 is 1.10 bits per heavy atom. The molecule has 4 nitrogen and oxygen atoms in total. The van der Waals surface area contributed by atoms with Gasteiger partial charge in [-0.25, -0.2) is 4.79 Å². The van der Waals surface area contributed by atoms with Gasteiger partial charge in [0.1, 0.15) is 0 Å². The molecule has 2 aromatic rings. The molecule has 0 atom stereocenters. The molecule has 2 rings (SSSR count). The molecule has 2 N–H and O–H groups in total. The van der Waals surface area contributed by atoms with Gasteiger partial charge >= 0.3 is 5.97 Å². The van der Waals surface area contributed by atoms with Crippen LogP contribution < -0.4 is 5.32 Å². The summed E-state index contributed by atoms with van der Waals surface area (Å²) in [6, 6.07) is 12.2. The number of rotatable bonds is 4. The van der Waals surface area contributed by atoms with E-state index in [0.717, 1.165) is 12.0 Å². The van der Waals surface area contributed by atoms with Crippen molar-refractivity contribution in [3.8, 4) is 0 Å². The molecule has 0 saturated carbocycles. The zero-order valence-electron chi connectivity index (χ0n) is 12.0. The van der Waals surface area contributed by atoms with Gasteiger partial charge in [-0.15, -0.1) is 0 Å². The number of carbonyl (C=O) groups excluding carboxylic acids is 1. The zero-order valence-corrected chi connectivity index (χ0v) is 12.0. The Bertz CT molecular complexity index is 692. The third-order valence-electron chi connectivity index (χ3n) is 3.37. The molecule has 0 radical (unpaired) electrons. The minimum absolute atomic E-state index is 0.191. The maximum absolute atomic E-state index is 12.3. The largest absolute Gasteiger partial charge is 0.478 e. The molecule has 108 valence electrons. The number of benzene rings is 2. The normalized spacial score (nSPS) is 10.2. The number of hydrogen-bond donors (Lipinski definition) is 2. The quantitative estimate of drug-likeness (QED) is 0.902. The third kappa shape index (κ3) is 3.28. The van der Waals surface area contributed by atoms with Crippen LogP contribution in [0.2, 0.25) is 0 Å². The van der Waals surface area contributed by atoms with Gasteiger partial charge in [0.25, 0.3) is 5.91 Å². The molecule has 0 aromatic heterocycles. The molecule has 0 saturated heterocycles. The third-order valence-corrected chi connectivity index (χ3v) is 3.37. The van der Waals surface area contributed by atoms with Crippen molar-refractivity contribution in [1.82, 2.24) is 0 Å². The van der Waals surface area contributed by atoms with Crippen molar-refractivity contribution in [2.75, 3.05) is 5.32 Å². The summed E-state index contributed by atoms with van der Waals surface area (Å²) in [6.07, 6.45) is 0.762. The monoisotopic (exact) mass is 283 g/mol. The van der Waals surface area contributed by atoms with Crippen LogP contribution in [0.25, 0.3) is 0 Å². The van der Waals surface area contributed by atoms with Crippen LogP contribution in [-0.2, 0) is 6.42 Å². The van der Waals surface area contributed by atoms with Crippen LogP contribution in [0, 0.1) is 6.92 Å². The topological polar surface area (TPSA) is 66.4 Å². The van der Waals surface area contributed by atoms with Gasteiger partial charge < -0.3 is 10.4 Å². The Morgan fingerprint density at radius 3 is 2.48 bits per heavy atom. The van der Waals surface area contributed by atoms with Gasteiger partial charge in [-0.2, -0.15) is 0 Å². The molecule has 0 bridgehead atoms. The number of nitrogens with one attached hydrogen (secondary N) is 1. The average molecular weight is 283 g/mol. The first-order valence-electron chi connectivity index (χ1n) is 6.76. The predicted molar refractivity (Wildman–Crippen MR) is 81.9 cm³/mol. The van der Waals surface area contributed by atoms with Gasteiger partial charge in [0.15, 0.2) is 0 Å². The number of aryl methyl sites for hydroxylation is 2. The first kappa shape index (κ1) is 14.8. The van der Waals surface area contributed by atoms with Crippen LogP contribution in [0.3, 0.4) is 0 Å². The fraction of sp³-hybridized carbons (Fsp3) is 0.176. The Balaban J connectivity index is 2.28. The van der Waals surface area contributed by atoms with E-state index in [0.29, 0.717) is 16.8 Å². The van der Waals surface area contributed by atoms with E-state index < -0.39 is 5.97 Å². The standard InChI is InChI=1S/C17H17NO3/c1-3-12-6-4-5-7-14(12)16(19)18-13-9-8-11(2)15(10-13)17(20)21/h4-10H,3H2,1-2H3,(H,18,19)(H,20,21). The van der Waals surface area contributed by atoms with E-state index in [9.17, 15) is 9.59 Å². The van der Waals surface area contributed by atoms with E-state index >= 15 is 0 Å². The average Bonchev–Trinajstić information content (AvgIpc) is 2.48. The molecule has 21 heavy (non-hydrogen) atoms. The van der Waals surface area contributed by atoms with E-state index in [1.165, 1.54) is 6.07 Å². The summed E-state index contributed by atoms with van der Waals surface area (Å²) in [4.78, 5) is 23.4. The summed E-state index contributed by atoms with van der Waals surface area (Å²) < 4.78 is 0. The number of amides is 1. The number of aromatic carboxylic acids is 1. The lowest BCUT2D eigenvalue weighted by Crippen LogP contribution is -2.14. The van der Waals surface area contributed by atoms with Crippen molar-refractivity contribution in [2.45, 2.75) is 20.3 Å². The lowest BCUT2D eigenvalue weighted by Gasteiger charge is -2.10. The van der Waals surface area contributed by atoms with E-state index in [2.05, 4.69) is 5.32 Å². The Kier molecular flexibility index (Phi) is 4.38. The maximum atomic E-state index is 12.3. The molecule has 0 aliphatic rings. The summed E-state index contributed by atoms with van der Waals surface area (Å²) in [5.74, 6) is -1.23. The lowest BCUT2D eigenvalue weighted by atomic mass is 10.0. The van der Waals surface area contributed by atoms with Crippen molar-refractivity contribution >= 4 is 17.6 Å². The Hall–Kier alpha value is -2.62. The molecule has 0 unspecified atom stereocenters. The summed E-state index contributed by atoms with van der Waals surface area (Å²) in [6.45, 7) is 3.71. The molecule has 4 heteroatoms. The van der Waals surface area contributed by atoms with Crippen LogP contribution in [0.15, 0.2) is 42.5 Å². The molecule has 0 heterocycles. The molecular formula is C17H17NO3. The SMILES string of the molecule is CCc1ccccc1C(=O)Nc1ccc(C)c(C(=O)O)c1. The highest BCUT2D eigenvalue weighted by molar-refractivity contribution is 6.05. The van der Waals surface area contributed by atoms with E-state index in [1.807, 2.05) is 25.1 Å². The predicted octanol–water partition coefficient (Wildman–Crippen LogP) is 3.51. The molecule has 1 amide bonds. The molecule has 0 spiro atoms. The second-order valence-corrected chi connectivity index (χ2v) is 4.80. The number of carboxylic acids is 1. The van der Waals surface area contributed by atoms with Crippen LogP contribution in [0.5, 0.6) is 0 Å². The number of anilines is 1. The summed E-state index contributed by atoms with van der Waals surface area (Å²) >= 11 is 0. The molecule has 0 aliphatic heterocycles. The van der Waals surface area contributed by atoms with Crippen molar-refractivity contribution in [2.24, 2.45) is 0 Å². The van der Waals surface area contributed by atoms with Gasteiger partial charge in [-0.05, 0) is 42.7 Å². The van der Waals surface area contributed by atoms with Crippen molar-refractivity contribution in [1.29, 1.82) is 0 Å². The van der Waals surface area contributed by atoms with Gasteiger partial charge in [0, 0.05) is 11.3 Å². The first-order chi connectivity index (χ1) is 10.0. The van der Waals surface area contributed by atoms with Crippen molar-refractivity contribution < 1.29 is 14.7 Å². The second kappa shape index (κ2) is 6.22. The summed E-state index contributed by atoms with van der Waals surface area (Å²) in [5, 5.41) is 11.9. The van der Waals surface area contributed by atoms with Crippen LogP contribution in [-0.4, -0.2) is 17.0 Å². The van der Waals surface area contributed by atoms with E-state index in [4.69, 9.17) is 5.11 Å². The van der Waals surface area contributed by atoms with Crippen LogP contribution in [0.4, 0.5) is 5.69 Å². The summed E-state index contributed by atoms with van der Waals surface area (Å²) in [7, 11) is 0. The highest BCUT2D eigenvalue weighted by Gasteiger charge is 2.12. The van der Waals surface area contributed by atoms with Gasteiger partial charge in [-0.1, -0.05) is 31.2 Å². The summed E-state index contributed by atoms with van der Waals surface area (Å²) in [5.41, 5.74) is 2.90. The van der Waals surface area contributed by atoms with Gasteiger partial charge in [-0.3, -0.25) is 4.79 Å². The van der Waals surface area contributed by atoms with Crippen molar-refractivity contribution in [3.63, 3.8) is 0 Å². The second-order valence-electron chi connectivity index (χ2n) is 4.80. The van der Waals surface area contributed by atoms with Crippen molar-refractivity contribution in [3.05, 3.63) is 64.7 Å². The number of carboxylic acid groups (broad SMARTS) is 1. The molecule has 0 fully saturated rings. The maximum Gasteiger partial charge on any atom is 0.336 e. The lowest BCUT2D eigenvalue weighted by molar-refractivity contribution is 0.0695. The Labute approximate surface area is 123 Å². The molecular weight excluding hydrogens is 266 g/mol. The first-order valence-corrected chi connectivity index (χ1v) is 6.76. The fourth-order valence-corrected chi connectivity index (χ4v) is 2.18. The number of hydrogen-bond acceptors (Lipinski definition) is 2.